The van der Waals surface area contributed by atoms with Gasteiger partial charge in [-0.3, -0.25) is 9.59 Å². The zero-order chi connectivity index (χ0) is 20.2. The first kappa shape index (κ1) is 20.7. The van der Waals surface area contributed by atoms with E-state index in [9.17, 15) is 27.6 Å². The Morgan fingerprint density at radius 2 is 1.81 bits per heavy atom. The van der Waals surface area contributed by atoms with Crippen LogP contribution in [0.5, 0.6) is 0 Å². The van der Waals surface area contributed by atoms with Crippen LogP contribution in [0.4, 0.5) is 18.9 Å². The van der Waals surface area contributed by atoms with Gasteiger partial charge in [-0.2, -0.15) is 13.2 Å². The highest BCUT2D eigenvalue weighted by Gasteiger charge is 2.40. The molecule has 0 spiro atoms. The fourth-order valence-electron chi connectivity index (χ4n) is 2.67. The lowest BCUT2D eigenvalue weighted by atomic mass is 10.2. The number of alkyl halides is 3. The van der Waals surface area contributed by atoms with Gasteiger partial charge in [-0.1, -0.05) is 0 Å². The Morgan fingerprint density at radius 1 is 1.22 bits per heavy atom. The fraction of sp³-hybridized carbons (Fsp3) is 0.500. The molecule has 1 N–H and O–H groups in total. The minimum Gasteiger partial charge on any atom is -0.452 e. The molecule has 0 radical (unpaired) electrons. The minimum absolute atomic E-state index is 0.0494. The van der Waals surface area contributed by atoms with Crippen molar-refractivity contribution in [1.29, 1.82) is 0 Å². The van der Waals surface area contributed by atoms with Gasteiger partial charge in [0.25, 0.3) is 5.91 Å². The van der Waals surface area contributed by atoms with Crippen LogP contribution in [0.2, 0.25) is 0 Å². The van der Waals surface area contributed by atoms with Crippen LogP contribution in [0.25, 0.3) is 0 Å². The van der Waals surface area contributed by atoms with Crippen LogP contribution in [0.15, 0.2) is 24.3 Å². The topological polar surface area (TPSA) is 75.7 Å². The van der Waals surface area contributed by atoms with E-state index in [1.54, 1.807) is 6.92 Å². The Labute approximate surface area is 154 Å². The number of hydrogen-bond donors (Lipinski definition) is 1. The zero-order valence-corrected chi connectivity index (χ0v) is 15.0. The molecule has 6 nitrogen and oxygen atoms in total. The molecule has 1 fully saturated rings. The van der Waals surface area contributed by atoms with Crippen molar-refractivity contribution in [2.45, 2.75) is 38.9 Å². The maximum absolute atomic E-state index is 12.8. The van der Waals surface area contributed by atoms with Gasteiger partial charge in [-0.15, -0.1) is 0 Å². The number of ether oxygens (including phenoxy) is 1. The van der Waals surface area contributed by atoms with Gasteiger partial charge in [-0.25, -0.2) is 4.79 Å². The molecule has 0 heterocycles. The van der Waals surface area contributed by atoms with Crippen molar-refractivity contribution in [3.05, 3.63) is 29.8 Å². The van der Waals surface area contributed by atoms with Gasteiger partial charge in [0, 0.05) is 18.7 Å². The third-order valence-electron chi connectivity index (χ3n) is 4.23. The molecular formula is C18H21F3N2O4. The molecule has 0 bridgehead atoms. The summed E-state index contributed by atoms with van der Waals surface area (Å²) in [7, 11) is 0. The van der Waals surface area contributed by atoms with Crippen molar-refractivity contribution >= 4 is 23.5 Å². The summed E-state index contributed by atoms with van der Waals surface area (Å²) in [5.74, 6) is -1.93. The van der Waals surface area contributed by atoms with Crippen LogP contribution in [-0.4, -0.2) is 48.1 Å². The van der Waals surface area contributed by atoms with Crippen molar-refractivity contribution in [3.8, 4) is 0 Å². The summed E-state index contributed by atoms with van der Waals surface area (Å²) in [6.45, 7) is 0.777. The number of anilines is 1. The molecule has 1 aromatic rings. The van der Waals surface area contributed by atoms with Crippen LogP contribution < -0.4 is 5.32 Å². The number of hydrogen-bond acceptors (Lipinski definition) is 4. The molecule has 0 aromatic heterocycles. The van der Waals surface area contributed by atoms with Gasteiger partial charge in [0.05, 0.1) is 5.56 Å². The van der Waals surface area contributed by atoms with Crippen LogP contribution in [0.1, 0.15) is 37.0 Å². The first-order chi connectivity index (χ1) is 12.6. The van der Waals surface area contributed by atoms with Crippen molar-refractivity contribution in [1.82, 2.24) is 4.90 Å². The lowest BCUT2D eigenvalue weighted by molar-refractivity contribution is -0.167. The summed E-state index contributed by atoms with van der Waals surface area (Å²) < 4.78 is 43.2. The van der Waals surface area contributed by atoms with E-state index in [0.717, 1.165) is 17.7 Å². The second kappa shape index (κ2) is 8.41. The maximum Gasteiger partial charge on any atom is 0.406 e. The van der Waals surface area contributed by atoms with Crippen LogP contribution in [-0.2, 0) is 14.3 Å². The van der Waals surface area contributed by atoms with E-state index in [2.05, 4.69) is 5.32 Å². The highest BCUT2D eigenvalue weighted by Crippen LogP contribution is 2.36. The van der Waals surface area contributed by atoms with Crippen molar-refractivity contribution in [2.24, 2.45) is 5.92 Å². The number of rotatable bonds is 7. The lowest BCUT2D eigenvalue weighted by Crippen LogP contribution is -2.47. The zero-order valence-electron chi connectivity index (χ0n) is 15.0. The van der Waals surface area contributed by atoms with Crippen LogP contribution in [0, 0.1) is 5.92 Å². The quantitative estimate of drug-likeness (QED) is 0.731. The van der Waals surface area contributed by atoms with Crippen molar-refractivity contribution in [2.75, 3.05) is 18.5 Å². The average Bonchev–Trinajstić information content (AvgIpc) is 3.41. The summed E-state index contributed by atoms with van der Waals surface area (Å²) >= 11 is 0. The van der Waals surface area contributed by atoms with Gasteiger partial charge >= 0.3 is 12.1 Å². The van der Waals surface area contributed by atoms with Crippen molar-refractivity contribution in [3.63, 3.8) is 0 Å². The second-order valence-corrected chi connectivity index (χ2v) is 6.55. The summed E-state index contributed by atoms with van der Waals surface area (Å²) in [6, 6.07) is 5.17. The molecule has 2 rings (SSSR count). The smallest absolute Gasteiger partial charge is 0.406 e. The molecule has 1 aliphatic carbocycles. The molecule has 0 unspecified atom stereocenters. The van der Waals surface area contributed by atoms with Crippen LogP contribution in [0.3, 0.4) is 0 Å². The summed E-state index contributed by atoms with van der Waals surface area (Å²) in [5, 5.41) is 2.53. The number of halogens is 3. The van der Waals surface area contributed by atoms with E-state index < -0.39 is 37.2 Å². The van der Waals surface area contributed by atoms with E-state index in [-0.39, 0.29) is 17.4 Å². The lowest BCUT2D eigenvalue weighted by Gasteiger charge is -2.30. The molecule has 1 saturated carbocycles. The Bertz CT molecular complexity index is 700. The number of amides is 2. The molecule has 0 aliphatic heterocycles. The van der Waals surface area contributed by atoms with Gasteiger partial charge in [-0.05, 0) is 49.9 Å². The highest BCUT2D eigenvalue weighted by molar-refractivity contribution is 5.93. The molecular weight excluding hydrogens is 365 g/mol. The Balaban J connectivity index is 1.94. The molecule has 1 aliphatic rings. The Kier molecular flexibility index (Phi) is 6.45. The average molecular weight is 386 g/mol. The predicted molar refractivity (Wildman–Crippen MR) is 91.0 cm³/mol. The normalized spacial score (nSPS) is 15.0. The third kappa shape index (κ3) is 6.58. The standard InChI is InChI=1S/C18H21F3N2O4/c1-11(13-3-4-13)23(10-18(19,20)21)16(25)9-27-17(26)14-5-7-15(8-6-14)22-12(2)24/h5-8,11,13H,3-4,9-10H2,1-2H3,(H,22,24)/t11-/m1/s1. The van der Waals surface area contributed by atoms with E-state index in [0.29, 0.717) is 5.69 Å². The largest absolute Gasteiger partial charge is 0.452 e. The third-order valence-corrected chi connectivity index (χ3v) is 4.23. The maximum atomic E-state index is 12.8. The number of carbonyl (C=O) groups excluding carboxylic acids is 3. The van der Waals surface area contributed by atoms with E-state index >= 15 is 0 Å². The van der Waals surface area contributed by atoms with E-state index in [1.807, 2.05) is 0 Å². The Hall–Kier alpha value is -2.58. The SMILES string of the molecule is CC(=O)Nc1ccc(C(=O)OCC(=O)N(CC(F)(F)F)[C@H](C)C2CC2)cc1. The first-order valence-electron chi connectivity index (χ1n) is 8.48. The number of carbonyl (C=O) groups is 3. The second-order valence-electron chi connectivity index (χ2n) is 6.55. The molecule has 148 valence electrons. The van der Waals surface area contributed by atoms with Crippen molar-refractivity contribution < 1.29 is 32.3 Å². The number of benzene rings is 1. The molecule has 27 heavy (non-hydrogen) atoms. The van der Waals surface area contributed by atoms with Crippen LogP contribution >= 0.6 is 0 Å². The van der Waals surface area contributed by atoms with Gasteiger partial charge in [0.15, 0.2) is 6.61 Å². The summed E-state index contributed by atoms with van der Waals surface area (Å²) in [6.07, 6.45) is -2.96. The van der Waals surface area contributed by atoms with Gasteiger partial charge in [0.2, 0.25) is 5.91 Å². The summed E-state index contributed by atoms with van der Waals surface area (Å²) in [5.41, 5.74) is 0.597. The fourth-order valence-corrected chi connectivity index (χ4v) is 2.67. The monoisotopic (exact) mass is 386 g/mol. The van der Waals surface area contributed by atoms with E-state index in [4.69, 9.17) is 4.74 Å². The van der Waals surface area contributed by atoms with Gasteiger partial charge < -0.3 is 15.0 Å². The molecule has 2 amide bonds. The highest BCUT2D eigenvalue weighted by atomic mass is 19.4. The minimum atomic E-state index is -4.53. The molecule has 1 aromatic carbocycles. The molecule has 9 heteroatoms. The molecule has 0 saturated heterocycles. The number of nitrogens with one attached hydrogen (secondary N) is 1. The predicted octanol–water partition coefficient (Wildman–Crippen LogP) is 2.99. The number of nitrogens with zero attached hydrogens (tertiary/aromatic N) is 1. The first-order valence-corrected chi connectivity index (χ1v) is 8.48. The van der Waals surface area contributed by atoms with E-state index in [1.165, 1.54) is 31.2 Å². The number of esters is 1. The molecule has 1 atom stereocenters. The summed E-state index contributed by atoms with van der Waals surface area (Å²) in [4.78, 5) is 35.9. The Morgan fingerprint density at radius 3 is 2.30 bits per heavy atom. The van der Waals surface area contributed by atoms with Gasteiger partial charge in [0.1, 0.15) is 6.54 Å².